The third kappa shape index (κ3) is 1.94. The number of halogens is 1. The smallest absolute Gasteiger partial charge is 0.0485 e. The van der Waals surface area contributed by atoms with Crippen molar-refractivity contribution in [3.8, 4) is 0 Å². The number of hydrogen-bond donors (Lipinski definition) is 1. The van der Waals surface area contributed by atoms with Crippen LogP contribution in [0.4, 0.5) is 0 Å². The van der Waals surface area contributed by atoms with Gasteiger partial charge in [0, 0.05) is 23.4 Å². The third-order valence-corrected chi connectivity index (χ3v) is 3.96. The molecule has 2 aromatic heterocycles. The highest BCUT2D eigenvalue weighted by Gasteiger charge is 2.25. The maximum atomic E-state index is 3.63. The predicted octanol–water partition coefficient (Wildman–Crippen LogP) is 3.66. The quantitative estimate of drug-likeness (QED) is 0.876. The Labute approximate surface area is 115 Å². The van der Waals surface area contributed by atoms with E-state index in [1.807, 2.05) is 0 Å². The number of pyridine rings is 1. The van der Waals surface area contributed by atoms with E-state index in [1.54, 1.807) is 5.56 Å². The van der Waals surface area contributed by atoms with Gasteiger partial charge in [-0.25, -0.2) is 0 Å². The fraction of sp³-hybridized carbons (Fsp3) is 0.467. The number of aromatic nitrogens is 1. The van der Waals surface area contributed by atoms with Crippen LogP contribution in [0.15, 0.2) is 24.4 Å². The van der Waals surface area contributed by atoms with E-state index in [9.17, 15) is 0 Å². The molecule has 98 valence electrons. The molecule has 0 saturated heterocycles. The molecule has 2 nitrogen and oxygen atoms in total. The van der Waals surface area contributed by atoms with E-state index in [1.165, 1.54) is 36.0 Å². The van der Waals surface area contributed by atoms with Crippen LogP contribution < -0.4 is 5.32 Å². The van der Waals surface area contributed by atoms with Gasteiger partial charge in [0.2, 0.25) is 0 Å². The highest BCUT2D eigenvalue weighted by molar-refractivity contribution is 5.85. The summed E-state index contributed by atoms with van der Waals surface area (Å²) in [6.45, 7) is 5.51. The van der Waals surface area contributed by atoms with Crippen LogP contribution in [0.2, 0.25) is 0 Å². The average molecular weight is 265 g/mol. The molecule has 1 aliphatic rings. The molecule has 0 aliphatic heterocycles. The number of fused-ring (bicyclic) bond motifs is 3. The van der Waals surface area contributed by atoms with Gasteiger partial charge in [-0.15, -0.1) is 12.4 Å². The highest BCUT2D eigenvalue weighted by atomic mass is 35.5. The minimum Gasteiger partial charge on any atom is -0.320 e. The summed E-state index contributed by atoms with van der Waals surface area (Å²) in [6.07, 6.45) is 6.00. The van der Waals surface area contributed by atoms with Gasteiger partial charge in [0.15, 0.2) is 0 Å². The maximum absolute atomic E-state index is 3.63. The normalized spacial score (nSPS) is 18.4. The molecular formula is C15H21ClN2. The minimum absolute atomic E-state index is 0. The predicted molar refractivity (Wildman–Crippen MR) is 78.7 cm³/mol. The standard InChI is InChI=1S/C15H20N2.ClH/c1-3-16-12-7-6-9-14-15(12)11(2)13-8-4-5-10-17(13)14;/h4-5,8,10,12,16H,3,6-7,9H2,1-2H3;1H. The molecule has 0 spiro atoms. The Morgan fingerprint density at radius 1 is 1.39 bits per heavy atom. The molecule has 2 heterocycles. The van der Waals surface area contributed by atoms with Crippen LogP contribution in [0.3, 0.4) is 0 Å². The summed E-state index contributed by atoms with van der Waals surface area (Å²) in [4.78, 5) is 0. The second kappa shape index (κ2) is 5.33. The molecular weight excluding hydrogens is 244 g/mol. The van der Waals surface area contributed by atoms with Crippen molar-refractivity contribution in [1.29, 1.82) is 0 Å². The van der Waals surface area contributed by atoms with Crippen LogP contribution in [0.5, 0.6) is 0 Å². The number of rotatable bonds is 2. The molecule has 2 aromatic rings. The summed E-state index contributed by atoms with van der Waals surface area (Å²) in [5, 5.41) is 3.63. The molecule has 1 unspecified atom stereocenters. The SMILES string of the molecule is CCNC1CCCc2c1c(C)c1ccccn21.Cl. The van der Waals surface area contributed by atoms with Gasteiger partial charge in [-0.2, -0.15) is 0 Å². The first-order chi connectivity index (χ1) is 8.33. The van der Waals surface area contributed by atoms with E-state index >= 15 is 0 Å². The van der Waals surface area contributed by atoms with Gasteiger partial charge in [-0.05, 0) is 56.0 Å². The third-order valence-electron chi connectivity index (χ3n) is 3.96. The van der Waals surface area contributed by atoms with Crippen LogP contribution in [0.1, 0.15) is 42.6 Å². The van der Waals surface area contributed by atoms with Crippen LogP contribution in [-0.4, -0.2) is 10.9 Å². The van der Waals surface area contributed by atoms with Gasteiger partial charge in [0.25, 0.3) is 0 Å². The highest BCUT2D eigenvalue weighted by Crippen LogP contribution is 2.35. The average Bonchev–Trinajstić information content (AvgIpc) is 2.66. The largest absolute Gasteiger partial charge is 0.320 e. The second-order valence-corrected chi connectivity index (χ2v) is 4.94. The molecule has 0 saturated carbocycles. The zero-order valence-electron chi connectivity index (χ0n) is 11.1. The minimum atomic E-state index is 0. The first kappa shape index (κ1) is 13.4. The molecule has 0 bridgehead atoms. The van der Waals surface area contributed by atoms with E-state index in [0.29, 0.717) is 6.04 Å². The van der Waals surface area contributed by atoms with E-state index in [0.717, 1.165) is 6.54 Å². The van der Waals surface area contributed by atoms with Crippen LogP contribution in [0.25, 0.3) is 5.52 Å². The number of aryl methyl sites for hydroxylation is 2. The molecule has 0 aromatic carbocycles. The molecule has 1 atom stereocenters. The van der Waals surface area contributed by atoms with Crippen molar-refractivity contribution in [3.05, 3.63) is 41.2 Å². The van der Waals surface area contributed by atoms with E-state index in [4.69, 9.17) is 0 Å². The first-order valence-electron chi connectivity index (χ1n) is 6.64. The number of nitrogens with zero attached hydrogens (tertiary/aromatic N) is 1. The Kier molecular flexibility index (Phi) is 3.98. The molecule has 0 fully saturated rings. The van der Waals surface area contributed by atoms with Gasteiger partial charge in [-0.3, -0.25) is 0 Å². The zero-order chi connectivity index (χ0) is 11.8. The maximum Gasteiger partial charge on any atom is 0.0485 e. The van der Waals surface area contributed by atoms with E-state index < -0.39 is 0 Å². The second-order valence-electron chi connectivity index (χ2n) is 4.94. The van der Waals surface area contributed by atoms with Gasteiger partial charge < -0.3 is 9.72 Å². The lowest BCUT2D eigenvalue weighted by Crippen LogP contribution is -2.25. The Morgan fingerprint density at radius 2 is 2.22 bits per heavy atom. The zero-order valence-corrected chi connectivity index (χ0v) is 11.9. The Bertz CT molecular complexity index is 545. The summed E-state index contributed by atoms with van der Waals surface area (Å²) >= 11 is 0. The van der Waals surface area contributed by atoms with Crippen molar-refractivity contribution in [2.24, 2.45) is 0 Å². The molecule has 0 radical (unpaired) electrons. The molecule has 18 heavy (non-hydrogen) atoms. The summed E-state index contributed by atoms with van der Waals surface area (Å²) in [5.74, 6) is 0. The lowest BCUT2D eigenvalue weighted by Gasteiger charge is -2.24. The van der Waals surface area contributed by atoms with Gasteiger partial charge in [-0.1, -0.05) is 13.0 Å². The summed E-state index contributed by atoms with van der Waals surface area (Å²) in [6, 6.07) is 7.06. The van der Waals surface area contributed by atoms with Gasteiger partial charge in [0.1, 0.15) is 0 Å². The Balaban J connectivity index is 0.00000120. The van der Waals surface area contributed by atoms with Crippen molar-refractivity contribution >= 4 is 17.9 Å². The van der Waals surface area contributed by atoms with Crippen molar-refractivity contribution < 1.29 is 0 Å². The summed E-state index contributed by atoms with van der Waals surface area (Å²) in [7, 11) is 0. The number of hydrogen-bond acceptors (Lipinski definition) is 1. The summed E-state index contributed by atoms with van der Waals surface area (Å²) in [5.41, 5.74) is 5.92. The van der Waals surface area contributed by atoms with Crippen molar-refractivity contribution in [2.45, 2.75) is 39.2 Å². The van der Waals surface area contributed by atoms with Crippen molar-refractivity contribution in [1.82, 2.24) is 9.72 Å². The molecule has 3 rings (SSSR count). The number of nitrogens with one attached hydrogen (secondary N) is 1. The molecule has 0 amide bonds. The molecule has 3 heteroatoms. The van der Waals surface area contributed by atoms with Crippen molar-refractivity contribution in [3.63, 3.8) is 0 Å². The fourth-order valence-corrected chi connectivity index (χ4v) is 3.25. The molecule has 1 N–H and O–H groups in total. The van der Waals surface area contributed by atoms with Crippen LogP contribution in [-0.2, 0) is 6.42 Å². The Morgan fingerprint density at radius 3 is 3.00 bits per heavy atom. The van der Waals surface area contributed by atoms with Crippen LogP contribution in [0, 0.1) is 6.92 Å². The van der Waals surface area contributed by atoms with Crippen molar-refractivity contribution in [2.75, 3.05) is 6.54 Å². The molecule has 1 aliphatic carbocycles. The lowest BCUT2D eigenvalue weighted by molar-refractivity contribution is 0.466. The van der Waals surface area contributed by atoms with Gasteiger partial charge in [0.05, 0.1) is 0 Å². The monoisotopic (exact) mass is 264 g/mol. The topological polar surface area (TPSA) is 16.4 Å². The summed E-state index contributed by atoms with van der Waals surface area (Å²) < 4.78 is 2.38. The first-order valence-corrected chi connectivity index (χ1v) is 6.64. The van der Waals surface area contributed by atoms with E-state index in [-0.39, 0.29) is 12.4 Å². The Hall–Kier alpha value is -0.990. The van der Waals surface area contributed by atoms with Crippen LogP contribution >= 0.6 is 12.4 Å². The lowest BCUT2D eigenvalue weighted by atomic mass is 9.90. The van der Waals surface area contributed by atoms with E-state index in [2.05, 4.69) is 48.0 Å². The van der Waals surface area contributed by atoms with Gasteiger partial charge >= 0.3 is 0 Å². The fourth-order valence-electron chi connectivity index (χ4n) is 3.25.